The van der Waals surface area contributed by atoms with Gasteiger partial charge in [0.05, 0.1) is 7.11 Å². The lowest BCUT2D eigenvalue weighted by atomic mass is 9.96. The third kappa shape index (κ3) is 4.76. The summed E-state index contributed by atoms with van der Waals surface area (Å²) in [5.74, 6) is -0.624. The molecule has 0 aromatic heterocycles. The highest BCUT2D eigenvalue weighted by Gasteiger charge is 2.41. The molecule has 0 radical (unpaired) electrons. The molecule has 146 valence electrons. The van der Waals surface area contributed by atoms with Crippen LogP contribution in [0.3, 0.4) is 0 Å². The molecule has 1 heterocycles. The van der Waals surface area contributed by atoms with E-state index >= 15 is 0 Å². The standard InChI is InChI=1S/C22H23NO5/c1-27-21(25)19-12-17(13-20(24)18-10-6-3-7-11-18)14-23(19)22(26)28-15-16-8-4-2-5-9-16/h2-11,17,19H,12-15H2,1H3/t17-,19-/m0/s1. The maximum atomic E-state index is 12.6. The second-order valence-electron chi connectivity index (χ2n) is 6.83. The summed E-state index contributed by atoms with van der Waals surface area (Å²) in [6.45, 7) is 0.406. The number of methoxy groups -OCH3 is 1. The fourth-order valence-corrected chi connectivity index (χ4v) is 3.44. The van der Waals surface area contributed by atoms with E-state index < -0.39 is 18.1 Å². The number of nitrogens with zero attached hydrogens (tertiary/aromatic N) is 1. The van der Waals surface area contributed by atoms with Crippen molar-refractivity contribution >= 4 is 17.8 Å². The van der Waals surface area contributed by atoms with Crippen LogP contribution in [0, 0.1) is 5.92 Å². The molecule has 2 aromatic rings. The number of carbonyl (C=O) groups is 3. The predicted molar refractivity (Wildman–Crippen MR) is 103 cm³/mol. The molecule has 1 saturated heterocycles. The third-order valence-corrected chi connectivity index (χ3v) is 4.87. The lowest BCUT2D eigenvalue weighted by Crippen LogP contribution is -2.41. The van der Waals surface area contributed by atoms with Gasteiger partial charge in [0.25, 0.3) is 0 Å². The Morgan fingerprint density at radius 1 is 1.00 bits per heavy atom. The molecule has 6 heteroatoms. The Hall–Kier alpha value is -3.15. The number of rotatable bonds is 6. The molecule has 0 spiro atoms. The molecule has 0 bridgehead atoms. The van der Waals surface area contributed by atoms with Crippen LogP contribution < -0.4 is 0 Å². The second kappa shape index (κ2) is 9.17. The summed E-state index contributed by atoms with van der Waals surface area (Å²) in [6.07, 6.45) is 0.0694. The first-order chi connectivity index (χ1) is 13.6. The summed E-state index contributed by atoms with van der Waals surface area (Å²) in [4.78, 5) is 38.6. The van der Waals surface area contributed by atoms with Crippen LogP contribution in [-0.2, 0) is 20.9 Å². The molecule has 1 fully saturated rings. The summed E-state index contributed by atoms with van der Waals surface area (Å²) >= 11 is 0. The maximum Gasteiger partial charge on any atom is 0.410 e. The number of carbonyl (C=O) groups excluding carboxylic acids is 3. The molecule has 3 rings (SSSR count). The molecule has 6 nitrogen and oxygen atoms in total. The maximum absolute atomic E-state index is 12.6. The number of likely N-dealkylation sites (tertiary alicyclic amines) is 1. The van der Waals surface area contributed by atoms with Crippen LogP contribution in [0.1, 0.15) is 28.8 Å². The molecule has 1 amide bonds. The summed E-state index contributed by atoms with van der Waals surface area (Å²) in [5, 5.41) is 0. The van der Waals surface area contributed by atoms with E-state index in [9.17, 15) is 14.4 Å². The molecule has 2 atom stereocenters. The van der Waals surface area contributed by atoms with Crippen LogP contribution in [0.15, 0.2) is 60.7 Å². The van der Waals surface area contributed by atoms with Crippen LogP contribution in [0.5, 0.6) is 0 Å². The van der Waals surface area contributed by atoms with Gasteiger partial charge in [0.15, 0.2) is 5.78 Å². The number of ketones is 1. The van der Waals surface area contributed by atoms with Gasteiger partial charge >= 0.3 is 12.1 Å². The zero-order chi connectivity index (χ0) is 19.9. The van der Waals surface area contributed by atoms with Crippen molar-refractivity contribution in [3.8, 4) is 0 Å². The molecule has 0 aliphatic carbocycles. The summed E-state index contributed by atoms with van der Waals surface area (Å²) in [5.41, 5.74) is 1.49. The Morgan fingerprint density at radius 2 is 1.64 bits per heavy atom. The second-order valence-corrected chi connectivity index (χ2v) is 6.83. The average Bonchev–Trinajstić information content (AvgIpc) is 3.16. The van der Waals surface area contributed by atoms with Crippen molar-refractivity contribution in [2.45, 2.75) is 25.5 Å². The predicted octanol–water partition coefficient (Wildman–Crippen LogP) is 3.46. The monoisotopic (exact) mass is 381 g/mol. The van der Waals surface area contributed by atoms with Gasteiger partial charge < -0.3 is 9.47 Å². The summed E-state index contributed by atoms with van der Waals surface area (Å²) in [6, 6.07) is 17.6. The molecule has 28 heavy (non-hydrogen) atoms. The SMILES string of the molecule is COC(=O)[C@@H]1C[C@@H](CC(=O)c2ccccc2)CN1C(=O)OCc1ccccc1. The van der Waals surface area contributed by atoms with Gasteiger partial charge in [-0.15, -0.1) is 0 Å². The molecule has 0 N–H and O–H groups in total. The van der Waals surface area contributed by atoms with Crippen LogP contribution >= 0.6 is 0 Å². The number of esters is 1. The number of hydrogen-bond donors (Lipinski definition) is 0. The summed E-state index contributed by atoms with van der Waals surface area (Å²) in [7, 11) is 1.29. The number of ether oxygens (including phenoxy) is 2. The van der Waals surface area contributed by atoms with Gasteiger partial charge in [0.1, 0.15) is 12.6 Å². The van der Waals surface area contributed by atoms with E-state index in [0.717, 1.165) is 5.56 Å². The van der Waals surface area contributed by atoms with Crippen LogP contribution in [0.2, 0.25) is 0 Å². The largest absolute Gasteiger partial charge is 0.467 e. The fraction of sp³-hybridized carbons (Fsp3) is 0.318. The van der Waals surface area contributed by atoms with E-state index in [1.165, 1.54) is 12.0 Å². The van der Waals surface area contributed by atoms with Crippen molar-refractivity contribution in [2.75, 3.05) is 13.7 Å². The number of Topliss-reactive ketones (excluding diaryl/α,β-unsaturated/α-hetero) is 1. The quantitative estimate of drug-likeness (QED) is 0.566. The first-order valence-corrected chi connectivity index (χ1v) is 9.22. The zero-order valence-electron chi connectivity index (χ0n) is 15.7. The Balaban J connectivity index is 1.64. The van der Waals surface area contributed by atoms with E-state index in [4.69, 9.17) is 9.47 Å². The lowest BCUT2D eigenvalue weighted by Gasteiger charge is -2.22. The smallest absolute Gasteiger partial charge is 0.410 e. The van der Waals surface area contributed by atoms with Crippen molar-refractivity contribution in [3.63, 3.8) is 0 Å². The Bertz CT molecular complexity index is 821. The van der Waals surface area contributed by atoms with E-state index in [-0.39, 0.29) is 31.3 Å². The van der Waals surface area contributed by atoms with Gasteiger partial charge in [-0.1, -0.05) is 60.7 Å². The van der Waals surface area contributed by atoms with Crippen molar-refractivity contribution < 1.29 is 23.9 Å². The number of hydrogen-bond acceptors (Lipinski definition) is 5. The number of benzene rings is 2. The topological polar surface area (TPSA) is 72.9 Å². The molecule has 2 aromatic carbocycles. The minimum atomic E-state index is -0.734. The normalized spacial score (nSPS) is 18.5. The highest BCUT2D eigenvalue weighted by Crippen LogP contribution is 2.28. The van der Waals surface area contributed by atoms with Crippen molar-refractivity contribution in [1.29, 1.82) is 0 Å². The van der Waals surface area contributed by atoms with Gasteiger partial charge in [-0.2, -0.15) is 0 Å². The van der Waals surface area contributed by atoms with Gasteiger partial charge in [-0.05, 0) is 17.9 Å². The molecule has 0 unspecified atom stereocenters. The third-order valence-electron chi connectivity index (χ3n) is 4.87. The zero-order valence-corrected chi connectivity index (χ0v) is 15.7. The van der Waals surface area contributed by atoms with E-state index in [2.05, 4.69) is 0 Å². The van der Waals surface area contributed by atoms with Crippen molar-refractivity contribution in [3.05, 3.63) is 71.8 Å². The highest BCUT2D eigenvalue weighted by molar-refractivity contribution is 5.96. The van der Waals surface area contributed by atoms with Crippen molar-refractivity contribution in [2.24, 2.45) is 5.92 Å². The lowest BCUT2D eigenvalue weighted by molar-refractivity contribution is -0.145. The molecular formula is C22H23NO5. The molecule has 1 aliphatic rings. The molecule has 0 saturated carbocycles. The van der Waals surface area contributed by atoms with E-state index in [0.29, 0.717) is 12.0 Å². The van der Waals surface area contributed by atoms with Gasteiger partial charge in [0.2, 0.25) is 0 Å². The van der Waals surface area contributed by atoms with Gasteiger partial charge in [-0.25, -0.2) is 9.59 Å². The van der Waals surface area contributed by atoms with Crippen LogP contribution in [0.4, 0.5) is 4.79 Å². The van der Waals surface area contributed by atoms with Gasteiger partial charge in [0, 0.05) is 18.5 Å². The van der Waals surface area contributed by atoms with E-state index in [1.807, 2.05) is 48.5 Å². The van der Waals surface area contributed by atoms with E-state index in [1.54, 1.807) is 12.1 Å². The average molecular weight is 381 g/mol. The highest BCUT2D eigenvalue weighted by atomic mass is 16.6. The van der Waals surface area contributed by atoms with Crippen molar-refractivity contribution in [1.82, 2.24) is 4.90 Å². The van der Waals surface area contributed by atoms with Gasteiger partial charge in [-0.3, -0.25) is 9.69 Å². The Labute approximate surface area is 164 Å². The molecule has 1 aliphatic heterocycles. The molecular weight excluding hydrogens is 358 g/mol. The summed E-state index contributed by atoms with van der Waals surface area (Å²) < 4.78 is 10.2. The first-order valence-electron chi connectivity index (χ1n) is 9.22. The van der Waals surface area contributed by atoms with Crippen LogP contribution in [0.25, 0.3) is 0 Å². The minimum absolute atomic E-state index is 0.00582. The Kier molecular flexibility index (Phi) is 6.42. The fourth-order valence-electron chi connectivity index (χ4n) is 3.44. The Morgan fingerprint density at radius 3 is 2.29 bits per heavy atom. The number of amides is 1. The van der Waals surface area contributed by atoms with Crippen LogP contribution in [-0.4, -0.2) is 42.4 Å². The first kappa shape index (κ1) is 19.6. The minimum Gasteiger partial charge on any atom is -0.467 e.